The minimum Gasteiger partial charge on any atom is -0.456 e. The molecule has 1 fully saturated rings. The Bertz CT molecular complexity index is 520. The lowest BCUT2D eigenvalue weighted by Crippen LogP contribution is -2.21. The molecule has 0 heterocycles. The van der Waals surface area contributed by atoms with Crippen molar-refractivity contribution < 1.29 is 14.3 Å². The first-order valence-electron chi connectivity index (χ1n) is 8.27. The van der Waals surface area contributed by atoms with Gasteiger partial charge < -0.3 is 15.0 Å². The fourth-order valence-corrected chi connectivity index (χ4v) is 2.88. The van der Waals surface area contributed by atoms with Crippen LogP contribution in [0.4, 0.5) is 11.4 Å². The van der Waals surface area contributed by atoms with Crippen molar-refractivity contribution in [3.05, 3.63) is 24.3 Å². The summed E-state index contributed by atoms with van der Waals surface area (Å²) in [5.74, 6) is 0.0680. The first-order chi connectivity index (χ1) is 11.0. The third-order valence-corrected chi connectivity index (χ3v) is 4.26. The van der Waals surface area contributed by atoms with E-state index in [1.165, 1.54) is 25.7 Å². The number of nitrogens with zero attached hydrogens (tertiary/aromatic N) is 1. The van der Waals surface area contributed by atoms with Gasteiger partial charge in [-0.1, -0.05) is 25.7 Å². The summed E-state index contributed by atoms with van der Waals surface area (Å²) < 4.78 is 5.04. The first-order valence-corrected chi connectivity index (χ1v) is 8.27. The van der Waals surface area contributed by atoms with Gasteiger partial charge in [0.05, 0.1) is 0 Å². The van der Waals surface area contributed by atoms with E-state index < -0.39 is 0 Å². The molecule has 1 aliphatic rings. The number of hydrogen-bond acceptors (Lipinski definition) is 4. The number of carbonyl (C=O) groups is 2. The van der Waals surface area contributed by atoms with E-state index in [-0.39, 0.29) is 18.5 Å². The highest BCUT2D eigenvalue weighted by atomic mass is 16.5. The highest BCUT2D eigenvalue weighted by molar-refractivity contribution is 5.92. The van der Waals surface area contributed by atoms with Crippen LogP contribution >= 0.6 is 0 Å². The highest BCUT2D eigenvalue weighted by Gasteiger charge is 2.17. The van der Waals surface area contributed by atoms with Crippen LogP contribution in [0, 0.1) is 5.92 Å². The maximum atomic E-state index is 11.8. The zero-order valence-electron chi connectivity index (χ0n) is 14.0. The van der Waals surface area contributed by atoms with Gasteiger partial charge in [0.25, 0.3) is 5.91 Å². The summed E-state index contributed by atoms with van der Waals surface area (Å²) in [6, 6.07) is 7.50. The summed E-state index contributed by atoms with van der Waals surface area (Å²) in [6.45, 7) is -0.223. The summed E-state index contributed by atoms with van der Waals surface area (Å²) >= 11 is 0. The van der Waals surface area contributed by atoms with Gasteiger partial charge in [0.1, 0.15) is 0 Å². The van der Waals surface area contributed by atoms with Crippen LogP contribution in [-0.2, 0) is 14.3 Å². The van der Waals surface area contributed by atoms with E-state index in [1.807, 2.05) is 43.3 Å². The Balaban J connectivity index is 1.66. The Kier molecular flexibility index (Phi) is 6.44. The number of esters is 1. The predicted octanol–water partition coefficient (Wildman–Crippen LogP) is 3.20. The second kappa shape index (κ2) is 8.56. The normalized spacial score (nSPS) is 14.5. The average Bonchev–Trinajstić information content (AvgIpc) is 3.05. The number of nitrogens with one attached hydrogen (secondary N) is 1. The topological polar surface area (TPSA) is 58.6 Å². The molecule has 126 valence electrons. The van der Waals surface area contributed by atoms with Crippen molar-refractivity contribution in [2.45, 2.75) is 38.5 Å². The smallest absolute Gasteiger partial charge is 0.306 e. The van der Waals surface area contributed by atoms with Gasteiger partial charge in [-0.15, -0.1) is 0 Å². The molecule has 0 spiro atoms. The van der Waals surface area contributed by atoms with Gasteiger partial charge in [-0.25, -0.2) is 0 Å². The van der Waals surface area contributed by atoms with E-state index in [2.05, 4.69) is 5.32 Å². The van der Waals surface area contributed by atoms with Crippen molar-refractivity contribution in [3.63, 3.8) is 0 Å². The third kappa shape index (κ3) is 5.93. The molecule has 0 atom stereocenters. The number of carbonyl (C=O) groups excluding carboxylic acids is 2. The standard InChI is InChI=1S/C18H26N2O3/c1-20(2)16-10-8-15(9-11-16)19-17(21)13-23-18(22)12-7-14-5-3-4-6-14/h8-11,14H,3-7,12-13H2,1-2H3,(H,19,21). The van der Waals surface area contributed by atoms with Gasteiger partial charge in [-0.3, -0.25) is 9.59 Å². The van der Waals surface area contributed by atoms with Crippen molar-refractivity contribution in [2.75, 3.05) is 30.9 Å². The Morgan fingerprint density at radius 1 is 1.17 bits per heavy atom. The van der Waals surface area contributed by atoms with Crippen LogP contribution in [0.3, 0.4) is 0 Å². The molecule has 23 heavy (non-hydrogen) atoms. The van der Waals surface area contributed by atoms with E-state index >= 15 is 0 Å². The molecule has 0 unspecified atom stereocenters. The van der Waals surface area contributed by atoms with Crippen LogP contribution in [0.25, 0.3) is 0 Å². The number of benzene rings is 1. The molecule has 5 nitrogen and oxygen atoms in total. The van der Waals surface area contributed by atoms with Gasteiger partial charge in [-0.05, 0) is 36.6 Å². The Hall–Kier alpha value is -2.04. The second-order valence-electron chi connectivity index (χ2n) is 6.34. The maximum Gasteiger partial charge on any atom is 0.306 e. The number of ether oxygens (including phenoxy) is 1. The molecule has 0 radical (unpaired) electrons. The van der Waals surface area contributed by atoms with Crippen molar-refractivity contribution in [3.8, 4) is 0 Å². The Morgan fingerprint density at radius 2 is 1.83 bits per heavy atom. The molecule has 1 aromatic carbocycles. The van der Waals surface area contributed by atoms with Gasteiger partial charge >= 0.3 is 5.97 Å². The summed E-state index contributed by atoms with van der Waals surface area (Å²) in [6.07, 6.45) is 6.28. The lowest BCUT2D eigenvalue weighted by Gasteiger charge is -2.13. The lowest BCUT2D eigenvalue weighted by molar-refractivity contribution is -0.147. The molecule has 5 heteroatoms. The average molecular weight is 318 g/mol. The molecule has 1 amide bonds. The monoisotopic (exact) mass is 318 g/mol. The first kappa shape index (κ1) is 17.3. The van der Waals surface area contributed by atoms with Crippen molar-refractivity contribution >= 4 is 23.3 Å². The molecule has 1 aromatic rings. The number of hydrogen-bond donors (Lipinski definition) is 1. The summed E-state index contributed by atoms with van der Waals surface area (Å²) in [7, 11) is 3.91. The Labute approximate surface area is 138 Å². The van der Waals surface area contributed by atoms with Crippen LogP contribution in [0.1, 0.15) is 38.5 Å². The van der Waals surface area contributed by atoms with Gasteiger partial charge in [0, 0.05) is 31.9 Å². The molecular formula is C18H26N2O3. The molecule has 2 rings (SSSR count). The fraction of sp³-hybridized carbons (Fsp3) is 0.556. The molecule has 0 aromatic heterocycles. The maximum absolute atomic E-state index is 11.8. The predicted molar refractivity (Wildman–Crippen MR) is 91.5 cm³/mol. The second-order valence-corrected chi connectivity index (χ2v) is 6.34. The quantitative estimate of drug-likeness (QED) is 0.784. The molecule has 0 saturated heterocycles. The van der Waals surface area contributed by atoms with Crippen molar-refractivity contribution in [1.29, 1.82) is 0 Å². The van der Waals surface area contributed by atoms with E-state index in [4.69, 9.17) is 4.74 Å². The Morgan fingerprint density at radius 3 is 2.43 bits per heavy atom. The van der Waals surface area contributed by atoms with Crippen molar-refractivity contribution in [2.24, 2.45) is 5.92 Å². The fourth-order valence-electron chi connectivity index (χ4n) is 2.88. The number of rotatable bonds is 7. The van der Waals surface area contributed by atoms with Crippen LogP contribution in [0.5, 0.6) is 0 Å². The van der Waals surface area contributed by atoms with E-state index in [0.29, 0.717) is 18.0 Å². The van der Waals surface area contributed by atoms with E-state index in [1.54, 1.807) is 0 Å². The SMILES string of the molecule is CN(C)c1ccc(NC(=O)COC(=O)CCC2CCCC2)cc1. The summed E-state index contributed by atoms with van der Waals surface area (Å²) in [5, 5.41) is 2.73. The third-order valence-electron chi connectivity index (χ3n) is 4.26. The minimum absolute atomic E-state index is 0.223. The number of anilines is 2. The van der Waals surface area contributed by atoms with Crippen LogP contribution in [0.2, 0.25) is 0 Å². The molecule has 1 aliphatic carbocycles. The van der Waals surface area contributed by atoms with Gasteiger partial charge in [-0.2, -0.15) is 0 Å². The molecule has 0 aliphatic heterocycles. The van der Waals surface area contributed by atoms with Crippen LogP contribution in [0.15, 0.2) is 24.3 Å². The minimum atomic E-state index is -0.309. The molecule has 1 N–H and O–H groups in total. The van der Waals surface area contributed by atoms with Gasteiger partial charge in [0.15, 0.2) is 6.61 Å². The zero-order chi connectivity index (χ0) is 16.7. The van der Waals surface area contributed by atoms with Gasteiger partial charge in [0.2, 0.25) is 0 Å². The van der Waals surface area contributed by atoms with Crippen LogP contribution in [-0.4, -0.2) is 32.6 Å². The lowest BCUT2D eigenvalue weighted by atomic mass is 10.0. The summed E-state index contributed by atoms with van der Waals surface area (Å²) in [4.78, 5) is 25.4. The highest BCUT2D eigenvalue weighted by Crippen LogP contribution is 2.28. The largest absolute Gasteiger partial charge is 0.456 e. The van der Waals surface area contributed by atoms with E-state index in [0.717, 1.165) is 12.1 Å². The summed E-state index contributed by atoms with van der Waals surface area (Å²) in [5.41, 5.74) is 1.75. The van der Waals surface area contributed by atoms with E-state index in [9.17, 15) is 9.59 Å². The molecular weight excluding hydrogens is 292 g/mol. The molecule has 0 bridgehead atoms. The van der Waals surface area contributed by atoms with Crippen molar-refractivity contribution in [1.82, 2.24) is 0 Å². The zero-order valence-corrected chi connectivity index (χ0v) is 14.0. The number of amides is 1. The van der Waals surface area contributed by atoms with Crippen LogP contribution < -0.4 is 10.2 Å². The molecule has 1 saturated carbocycles.